The predicted molar refractivity (Wildman–Crippen MR) is 86.1 cm³/mol. The van der Waals surface area contributed by atoms with Gasteiger partial charge in [-0.2, -0.15) is 13.2 Å². The quantitative estimate of drug-likeness (QED) is 0.766. The second kappa shape index (κ2) is 7.32. The van der Waals surface area contributed by atoms with Crippen LogP contribution in [0, 0.1) is 0 Å². The summed E-state index contributed by atoms with van der Waals surface area (Å²) in [5.74, 6) is 0. The number of nitrogens with two attached hydrogens (primary N) is 1. The summed E-state index contributed by atoms with van der Waals surface area (Å²) >= 11 is 6.03. The van der Waals surface area contributed by atoms with Crippen molar-refractivity contribution in [2.75, 3.05) is 0 Å². The molecule has 2 rings (SSSR count). The molecular weight excluding hydrogens is 325 g/mol. The van der Waals surface area contributed by atoms with E-state index in [-0.39, 0.29) is 11.1 Å². The van der Waals surface area contributed by atoms with Gasteiger partial charge in [0.05, 0.1) is 11.3 Å². The summed E-state index contributed by atoms with van der Waals surface area (Å²) < 4.78 is 38.5. The fourth-order valence-electron chi connectivity index (χ4n) is 2.28. The van der Waals surface area contributed by atoms with Crippen LogP contribution in [0.25, 0.3) is 11.1 Å². The van der Waals surface area contributed by atoms with Crippen molar-refractivity contribution in [3.05, 3.63) is 52.8 Å². The van der Waals surface area contributed by atoms with Crippen molar-refractivity contribution in [2.24, 2.45) is 5.73 Å². The molecule has 0 aliphatic heterocycles. The van der Waals surface area contributed by atoms with Gasteiger partial charge in [0.25, 0.3) is 0 Å². The number of pyridine rings is 1. The van der Waals surface area contributed by atoms with Gasteiger partial charge in [0.15, 0.2) is 0 Å². The molecule has 6 heteroatoms. The SMILES string of the molecule is CCCCC(N)c1ccc(-c2cc(C(F)(F)F)ccc2Cl)cn1. The van der Waals surface area contributed by atoms with E-state index in [0.717, 1.165) is 37.1 Å². The molecule has 0 radical (unpaired) electrons. The van der Waals surface area contributed by atoms with Crippen LogP contribution in [-0.4, -0.2) is 4.98 Å². The molecule has 0 spiro atoms. The minimum absolute atomic E-state index is 0.166. The molecule has 0 amide bonds. The molecule has 0 aliphatic rings. The Labute approximate surface area is 138 Å². The molecule has 124 valence electrons. The highest BCUT2D eigenvalue weighted by atomic mass is 35.5. The summed E-state index contributed by atoms with van der Waals surface area (Å²) in [5.41, 5.74) is 6.88. The van der Waals surface area contributed by atoms with Crippen molar-refractivity contribution in [3.8, 4) is 11.1 Å². The first-order valence-corrected chi connectivity index (χ1v) is 7.79. The van der Waals surface area contributed by atoms with Crippen LogP contribution in [-0.2, 0) is 6.18 Å². The summed E-state index contributed by atoms with van der Waals surface area (Å²) in [6.45, 7) is 2.08. The van der Waals surface area contributed by atoms with E-state index in [1.54, 1.807) is 12.1 Å². The molecule has 1 aromatic heterocycles. The number of aromatic nitrogens is 1. The van der Waals surface area contributed by atoms with E-state index in [2.05, 4.69) is 11.9 Å². The van der Waals surface area contributed by atoms with E-state index in [0.29, 0.717) is 11.1 Å². The first-order valence-electron chi connectivity index (χ1n) is 7.41. The Morgan fingerprint density at radius 1 is 1.22 bits per heavy atom. The zero-order chi connectivity index (χ0) is 17.0. The molecule has 2 nitrogen and oxygen atoms in total. The van der Waals surface area contributed by atoms with Gasteiger partial charge in [-0.15, -0.1) is 0 Å². The largest absolute Gasteiger partial charge is 0.416 e. The molecule has 2 aromatic rings. The van der Waals surface area contributed by atoms with Crippen LogP contribution in [0.3, 0.4) is 0 Å². The third kappa shape index (κ3) is 4.45. The zero-order valence-corrected chi connectivity index (χ0v) is 13.5. The summed E-state index contributed by atoms with van der Waals surface area (Å²) in [5, 5.41) is 0.253. The standard InChI is InChI=1S/C17H18ClF3N2/c1-2-3-4-15(22)16-8-5-11(10-23-16)13-9-12(17(19,20)21)6-7-14(13)18/h5-10,15H,2-4,22H2,1H3. The van der Waals surface area contributed by atoms with Crippen LogP contribution < -0.4 is 5.73 Å². The number of rotatable bonds is 5. The Bertz CT molecular complexity index is 654. The zero-order valence-electron chi connectivity index (χ0n) is 12.7. The maximum absolute atomic E-state index is 12.8. The second-order valence-electron chi connectivity index (χ2n) is 5.41. The number of benzene rings is 1. The summed E-state index contributed by atoms with van der Waals surface area (Å²) in [4.78, 5) is 4.28. The van der Waals surface area contributed by atoms with Crippen LogP contribution in [0.5, 0.6) is 0 Å². The maximum Gasteiger partial charge on any atom is 0.416 e. The van der Waals surface area contributed by atoms with Crippen LogP contribution >= 0.6 is 11.6 Å². The van der Waals surface area contributed by atoms with Gasteiger partial charge in [0.1, 0.15) is 0 Å². The Kier molecular flexibility index (Phi) is 5.65. The van der Waals surface area contributed by atoms with Gasteiger partial charge in [0.2, 0.25) is 0 Å². The number of halogens is 4. The third-order valence-electron chi connectivity index (χ3n) is 3.64. The minimum atomic E-state index is -4.41. The summed E-state index contributed by atoms with van der Waals surface area (Å²) in [6.07, 6.45) is -0.0133. The predicted octanol–water partition coefficient (Wildman–Crippen LogP) is 5.61. The average molecular weight is 343 g/mol. The molecule has 0 saturated carbocycles. The molecule has 0 saturated heterocycles. The topological polar surface area (TPSA) is 38.9 Å². The molecule has 1 atom stereocenters. The highest BCUT2D eigenvalue weighted by molar-refractivity contribution is 6.33. The Balaban J connectivity index is 2.29. The van der Waals surface area contributed by atoms with Crippen LogP contribution in [0.1, 0.15) is 43.5 Å². The number of unbranched alkanes of at least 4 members (excludes halogenated alkanes) is 1. The van der Waals surface area contributed by atoms with E-state index in [9.17, 15) is 13.2 Å². The van der Waals surface area contributed by atoms with Gasteiger partial charge in [-0.1, -0.05) is 37.4 Å². The van der Waals surface area contributed by atoms with Crippen molar-refractivity contribution < 1.29 is 13.2 Å². The van der Waals surface area contributed by atoms with Crippen molar-refractivity contribution in [1.82, 2.24) is 4.98 Å². The Morgan fingerprint density at radius 2 is 1.96 bits per heavy atom. The van der Waals surface area contributed by atoms with Crippen molar-refractivity contribution in [2.45, 2.75) is 38.4 Å². The monoisotopic (exact) mass is 342 g/mol. The first-order chi connectivity index (χ1) is 10.8. The fourth-order valence-corrected chi connectivity index (χ4v) is 2.51. The number of hydrogen-bond acceptors (Lipinski definition) is 2. The smallest absolute Gasteiger partial charge is 0.323 e. The van der Waals surface area contributed by atoms with Crippen LogP contribution in [0.4, 0.5) is 13.2 Å². The van der Waals surface area contributed by atoms with Crippen molar-refractivity contribution in [3.63, 3.8) is 0 Å². The van der Waals surface area contributed by atoms with Gasteiger partial charge in [-0.3, -0.25) is 4.98 Å². The highest BCUT2D eigenvalue weighted by Gasteiger charge is 2.31. The van der Waals surface area contributed by atoms with E-state index in [4.69, 9.17) is 17.3 Å². The summed E-state index contributed by atoms with van der Waals surface area (Å²) in [7, 11) is 0. The van der Waals surface area contributed by atoms with Gasteiger partial charge < -0.3 is 5.73 Å². The van der Waals surface area contributed by atoms with Crippen molar-refractivity contribution >= 4 is 11.6 Å². The van der Waals surface area contributed by atoms with Crippen LogP contribution in [0.2, 0.25) is 5.02 Å². The fraction of sp³-hybridized carbons (Fsp3) is 0.353. The lowest BCUT2D eigenvalue weighted by molar-refractivity contribution is -0.137. The van der Waals surface area contributed by atoms with Gasteiger partial charge in [-0.25, -0.2) is 0 Å². The highest BCUT2D eigenvalue weighted by Crippen LogP contribution is 2.35. The lowest BCUT2D eigenvalue weighted by Gasteiger charge is -2.13. The molecule has 1 heterocycles. The number of alkyl halides is 3. The van der Waals surface area contributed by atoms with E-state index in [1.165, 1.54) is 12.3 Å². The molecule has 1 unspecified atom stereocenters. The molecule has 1 aromatic carbocycles. The average Bonchev–Trinajstić information content (AvgIpc) is 2.52. The maximum atomic E-state index is 12.8. The van der Waals surface area contributed by atoms with Crippen LogP contribution in [0.15, 0.2) is 36.5 Å². The Morgan fingerprint density at radius 3 is 2.52 bits per heavy atom. The summed E-state index contributed by atoms with van der Waals surface area (Å²) in [6, 6.07) is 6.54. The normalized spacial score (nSPS) is 13.1. The molecule has 23 heavy (non-hydrogen) atoms. The van der Waals surface area contributed by atoms with Gasteiger partial charge >= 0.3 is 6.18 Å². The molecule has 0 fully saturated rings. The number of nitrogens with zero attached hydrogens (tertiary/aromatic N) is 1. The molecule has 0 bridgehead atoms. The van der Waals surface area contributed by atoms with E-state index in [1.807, 2.05) is 0 Å². The van der Waals surface area contributed by atoms with E-state index >= 15 is 0 Å². The minimum Gasteiger partial charge on any atom is -0.323 e. The lowest BCUT2D eigenvalue weighted by atomic mass is 10.0. The lowest BCUT2D eigenvalue weighted by Crippen LogP contribution is -2.11. The number of hydrogen-bond donors (Lipinski definition) is 1. The van der Waals surface area contributed by atoms with E-state index < -0.39 is 11.7 Å². The molecule has 0 aliphatic carbocycles. The second-order valence-corrected chi connectivity index (χ2v) is 5.82. The van der Waals surface area contributed by atoms with Gasteiger partial charge in [-0.05, 0) is 30.7 Å². The third-order valence-corrected chi connectivity index (χ3v) is 3.97. The van der Waals surface area contributed by atoms with Gasteiger partial charge in [0, 0.05) is 28.4 Å². The molecular formula is C17H18ClF3N2. The molecule has 2 N–H and O–H groups in total. The van der Waals surface area contributed by atoms with Crippen molar-refractivity contribution in [1.29, 1.82) is 0 Å². The first kappa shape index (κ1) is 17.8. The Hall–Kier alpha value is -1.59.